The lowest BCUT2D eigenvalue weighted by Gasteiger charge is -2.02. The van der Waals surface area contributed by atoms with Crippen LogP contribution >= 0.6 is 23.1 Å². The topological polar surface area (TPSA) is 57.8 Å². The van der Waals surface area contributed by atoms with Crippen molar-refractivity contribution in [1.29, 1.82) is 0 Å². The first-order chi connectivity index (χ1) is 8.74. The second-order valence-electron chi connectivity index (χ2n) is 3.85. The fraction of sp³-hybridized carbons (Fsp3) is 0.333. The molecule has 2 aromatic rings. The summed E-state index contributed by atoms with van der Waals surface area (Å²) >= 11 is 3.23. The minimum Gasteiger partial charge on any atom is -0.367 e. The maximum atomic E-state index is 11.6. The molecule has 2 aromatic heterocycles. The lowest BCUT2D eigenvalue weighted by atomic mass is 10.3. The van der Waals surface area contributed by atoms with Crippen LogP contribution < -0.4 is 5.32 Å². The Morgan fingerprint density at radius 1 is 1.61 bits per heavy atom. The highest BCUT2D eigenvalue weighted by Gasteiger charge is 2.03. The maximum Gasteiger partial charge on any atom is 0.230 e. The highest BCUT2D eigenvalue weighted by Crippen LogP contribution is 2.14. The number of aromatic amines is 1. The molecule has 0 radical (unpaired) electrons. The van der Waals surface area contributed by atoms with Crippen LogP contribution in [-0.4, -0.2) is 21.6 Å². The Bertz CT molecular complexity index is 493. The number of carbonyl (C=O) groups excluding carboxylic acids is 1. The molecular weight excluding hydrogens is 266 g/mol. The van der Waals surface area contributed by atoms with E-state index in [0.717, 1.165) is 22.0 Å². The van der Waals surface area contributed by atoms with E-state index in [1.54, 1.807) is 23.1 Å². The van der Waals surface area contributed by atoms with E-state index < -0.39 is 0 Å². The van der Waals surface area contributed by atoms with Crippen molar-refractivity contribution >= 4 is 29.0 Å². The minimum atomic E-state index is 0.0631. The second-order valence-corrected chi connectivity index (χ2v) is 5.89. The van der Waals surface area contributed by atoms with Gasteiger partial charge in [-0.2, -0.15) is 0 Å². The van der Waals surface area contributed by atoms with E-state index in [9.17, 15) is 4.79 Å². The van der Waals surface area contributed by atoms with Gasteiger partial charge in [0, 0.05) is 30.1 Å². The van der Waals surface area contributed by atoms with Crippen molar-refractivity contribution in [3.8, 4) is 0 Å². The molecule has 0 spiro atoms. The van der Waals surface area contributed by atoms with Crippen molar-refractivity contribution in [1.82, 2.24) is 15.3 Å². The van der Waals surface area contributed by atoms with Crippen molar-refractivity contribution in [2.45, 2.75) is 19.2 Å². The van der Waals surface area contributed by atoms with Crippen LogP contribution in [0.4, 0.5) is 0 Å². The van der Waals surface area contributed by atoms with Gasteiger partial charge in [0.05, 0.1) is 16.5 Å². The lowest BCUT2D eigenvalue weighted by Crippen LogP contribution is -2.24. The molecule has 2 rings (SSSR count). The summed E-state index contributed by atoms with van der Waals surface area (Å²) < 4.78 is 0. The summed E-state index contributed by atoms with van der Waals surface area (Å²) in [5.74, 6) is 1.33. The molecule has 6 heteroatoms. The standard InChI is InChI=1S/C12H15N3OS2/c1-9-15-11(7-18-9)6-17-8-12(16)14-5-10-2-3-13-4-10/h2-4,7,13H,5-6,8H2,1H3,(H,14,16). The van der Waals surface area contributed by atoms with E-state index in [4.69, 9.17) is 0 Å². The van der Waals surface area contributed by atoms with E-state index in [1.807, 2.05) is 30.8 Å². The highest BCUT2D eigenvalue weighted by atomic mass is 32.2. The molecule has 4 nitrogen and oxygen atoms in total. The molecule has 0 aliphatic carbocycles. The Kier molecular flexibility index (Phi) is 4.83. The third kappa shape index (κ3) is 4.19. The molecule has 0 saturated heterocycles. The van der Waals surface area contributed by atoms with Crippen molar-refractivity contribution in [3.63, 3.8) is 0 Å². The van der Waals surface area contributed by atoms with E-state index in [-0.39, 0.29) is 5.91 Å². The average Bonchev–Trinajstić information content (AvgIpc) is 2.98. The molecule has 2 heterocycles. The molecule has 96 valence electrons. The number of thioether (sulfide) groups is 1. The SMILES string of the molecule is Cc1nc(CSCC(=O)NCc2cc[nH]c2)cs1. The number of nitrogens with zero attached hydrogens (tertiary/aromatic N) is 1. The molecule has 0 bridgehead atoms. The third-order valence-electron chi connectivity index (χ3n) is 2.30. The molecule has 0 atom stereocenters. The second kappa shape index (κ2) is 6.61. The van der Waals surface area contributed by atoms with Gasteiger partial charge in [-0.05, 0) is 18.6 Å². The monoisotopic (exact) mass is 281 g/mol. The number of H-pyrrole nitrogens is 1. The molecule has 1 amide bonds. The lowest BCUT2D eigenvalue weighted by molar-refractivity contribution is -0.118. The zero-order valence-corrected chi connectivity index (χ0v) is 11.7. The Morgan fingerprint density at radius 3 is 3.17 bits per heavy atom. The van der Waals surface area contributed by atoms with Gasteiger partial charge in [0.15, 0.2) is 0 Å². The smallest absolute Gasteiger partial charge is 0.230 e. The van der Waals surface area contributed by atoms with Crippen LogP contribution in [0.5, 0.6) is 0 Å². The van der Waals surface area contributed by atoms with Crippen molar-refractivity contribution in [2.75, 3.05) is 5.75 Å². The first kappa shape index (κ1) is 13.2. The molecule has 0 saturated carbocycles. The summed E-state index contributed by atoms with van der Waals surface area (Å²) in [7, 11) is 0. The summed E-state index contributed by atoms with van der Waals surface area (Å²) in [5.41, 5.74) is 2.14. The number of nitrogens with one attached hydrogen (secondary N) is 2. The predicted molar refractivity (Wildman–Crippen MR) is 75.7 cm³/mol. The van der Waals surface area contributed by atoms with Crippen molar-refractivity contribution in [3.05, 3.63) is 40.1 Å². The molecule has 0 aliphatic rings. The largest absolute Gasteiger partial charge is 0.367 e. The quantitative estimate of drug-likeness (QED) is 0.854. The summed E-state index contributed by atoms with van der Waals surface area (Å²) in [4.78, 5) is 18.9. The Hall–Kier alpha value is -1.27. The van der Waals surface area contributed by atoms with Crippen molar-refractivity contribution in [2.24, 2.45) is 0 Å². The number of hydrogen-bond acceptors (Lipinski definition) is 4. The van der Waals surface area contributed by atoms with Gasteiger partial charge in [0.25, 0.3) is 0 Å². The van der Waals surface area contributed by atoms with Crippen molar-refractivity contribution < 1.29 is 4.79 Å². The van der Waals surface area contributed by atoms with Gasteiger partial charge in [-0.3, -0.25) is 4.79 Å². The molecule has 0 unspecified atom stereocenters. The fourth-order valence-electron chi connectivity index (χ4n) is 1.44. The van der Waals surface area contributed by atoms with Gasteiger partial charge in [0.2, 0.25) is 5.91 Å². The molecular formula is C12H15N3OS2. The van der Waals surface area contributed by atoms with Crippen LogP contribution in [0.2, 0.25) is 0 Å². The summed E-state index contributed by atoms with van der Waals surface area (Å²) in [5, 5.41) is 5.99. The summed E-state index contributed by atoms with van der Waals surface area (Å²) in [6.45, 7) is 2.57. The molecule has 0 fully saturated rings. The van der Waals surface area contributed by atoms with Gasteiger partial charge in [-0.25, -0.2) is 4.98 Å². The summed E-state index contributed by atoms with van der Waals surface area (Å²) in [6.07, 6.45) is 3.73. The number of carbonyl (C=O) groups is 1. The minimum absolute atomic E-state index is 0.0631. The van der Waals surface area contributed by atoms with Crippen LogP contribution in [-0.2, 0) is 17.1 Å². The van der Waals surface area contributed by atoms with Crippen LogP contribution in [0, 0.1) is 6.92 Å². The van der Waals surface area contributed by atoms with Gasteiger partial charge < -0.3 is 10.3 Å². The van der Waals surface area contributed by atoms with Gasteiger partial charge >= 0.3 is 0 Å². The fourth-order valence-corrected chi connectivity index (χ4v) is 2.91. The third-order valence-corrected chi connectivity index (χ3v) is 4.09. The average molecular weight is 281 g/mol. The normalized spacial score (nSPS) is 10.5. The zero-order chi connectivity index (χ0) is 12.8. The van der Waals surface area contributed by atoms with Crippen LogP contribution in [0.25, 0.3) is 0 Å². The first-order valence-electron chi connectivity index (χ1n) is 5.61. The van der Waals surface area contributed by atoms with Gasteiger partial charge in [0.1, 0.15) is 0 Å². The molecule has 0 aliphatic heterocycles. The molecule has 2 N–H and O–H groups in total. The number of hydrogen-bond donors (Lipinski definition) is 2. The van der Waals surface area contributed by atoms with E-state index in [0.29, 0.717) is 12.3 Å². The zero-order valence-electron chi connectivity index (χ0n) is 10.1. The first-order valence-corrected chi connectivity index (χ1v) is 7.64. The number of thiazole rings is 1. The molecule has 0 aromatic carbocycles. The summed E-state index contributed by atoms with van der Waals surface area (Å²) in [6, 6.07) is 1.95. The predicted octanol–water partition coefficient (Wildman–Crippen LogP) is 2.33. The number of aromatic nitrogens is 2. The number of aryl methyl sites for hydroxylation is 1. The van der Waals surface area contributed by atoms with E-state index >= 15 is 0 Å². The maximum absolute atomic E-state index is 11.6. The Labute approximate surface area is 114 Å². The Morgan fingerprint density at radius 2 is 2.50 bits per heavy atom. The van der Waals surface area contributed by atoms with E-state index in [2.05, 4.69) is 15.3 Å². The van der Waals surface area contributed by atoms with Crippen LogP contribution in [0.1, 0.15) is 16.3 Å². The number of amides is 1. The number of rotatable bonds is 6. The van der Waals surface area contributed by atoms with Gasteiger partial charge in [-0.15, -0.1) is 23.1 Å². The highest BCUT2D eigenvalue weighted by molar-refractivity contribution is 7.99. The van der Waals surface area contributed by atoms with Gasteiger partial charge in [-0.1, -0.05) is 0 Å². The Balaban J connectivity index is 1.63. The molecule has 18 heavy (non-hydrogen) atoms. The van der Waals surface area contributed by atoms with E-state index in [1.165, 1.54) is 0 Å². The van der Waals surface area contributed by atoms with Crippen LogP contribution in [0.3, 0.4) is 0 Å². The van der Waals surface area contributed by atoms with Crippen LogP contribution in [0.15, 0.2) is 23.8 Å².